The number of ether oxygens (including phenoxy) is 1. The predicted octanol–water partition coefficient (Wildman–Crippen LogP) is 1.91. The van der Waals surface area contributed by atoms with Gasteiger partial charge in [0.05, 0.1) is 5.88 Å². The van der Waals surface area contributed by atoms with E-state index in [0.717, 1.165) is 23.9 Å². The Balaban J connectivity index is 1.82. The van der Waals surface area contributed by atoms with Gasteiger partial charge in [-0.15, -0.1) is 11.8 Å². The molecule has 0 N–H and O–H groups in total. The van der Waals surface area contributed by atoms with Gasteiger partial charge in [0.2, 0.25) is 0 Å². The summed E-state index contributed by atoms with van der Waals surface area (Å²) in [6.07, 6.45) is 0. The summed E-state index contributed by atoms with van der Waals surface area (Å²) >= 11 is 1.78. The van der Waals surface area contributed by atoms with Crippen LogP contribution in [0.4, 0.5) is 0 Å². The first-order valence-electron chi connectivity index (χ1n) is 5.31. The zero-order valence-electron chi connectivity index (χ0n) is 9.31. The molecule has 0 spiro atoms. The number of rotatable bonds is 3. The highest BCUT2D eigenvalue weighted by Crippen LogP contribution is 2.15. The highest BCUT2D eigenvalue weighted by atomic mass is 32.2. The highest BCUT2D eigenvalue weighted by molar-refractivity contribution is 7.99. The normalized spacial score (nSPS) is 15.2. The van der Waals surface area contributed by atoms with E-state index in [-0.39, 0.29) is 12.5 Å². The van der Waals surface area contributed by atoms with Crippen LogP contribution in [-0.2, 0) is 4.79 Å². The molecule has 1 aromatic rings. The van der Waals surface area contributed by atoms with Crippen molar-refractivity contribution >= 4 is 17.7 Å². The van der Waals surface area contributed by atoms with Crippen molar-refractivity contribution in [1.82, 2.24) is 4.90 Å². The molecule has 0 saturated carbocycles. The number of hydrogen-bond donors (Lipinski definition) is 0. The average Bonchev–Trinajstić information content (AvgIpc) is 2.81. The standard InChI is InChI=1S/C12H15NO2S/c1-10-2-4-11(5-3-10)15-8-12(14)13-6-7-16-9-13/h2-5H,6-9H2,1H3. The smallest absolute Gasteiger partial charge is 0.261 e. The van der Waals surface area contributed by atoms with E-state index in [1.807, 2.05) is 36.1 Å². The molecule has 1 saturated heterocycles. The third-order valence-corrected chi connectivity index (χ3v) is 3.45. The molecule has 4 heteroatoms. The van der Waals surface area contributed by atoms with Crippen LogP contribution >= 0.6 is 11.8 Å². The van der Waals surface area contributed by atoms with Gasteiger partial charge < -0.3 is 9.64 Å². The number of nitrogens with zero attached hydrogens (tertiary/aromatic N) is 1. The molecule has 2 rings (SSSR count). The Labute approximate surface area is 99.8 Å². The third-order valence-electron chi connectivity index (χ3n) is 2.49. The molecule has 0 atom stereocenters. The summed E-state index contributed by atoms with van der Waals surface area (Å²) < 4.78 is 5.43. The fraction of sp³-hybridized carbons (Fsp3) is 0.417. The fourth-order valence-electron chi connectivity index (χ4n) is 1.48. The van der Waals surface area contributed by atoms with E-state index in [0.29, 0.717) is 0 Å². The van der Waals surface area contributed by atoms with E-state index in [9.17, 15) is 4.79 Å². The average molecular weight is 237 g/mol. The van der Waals surface area contributed by atoms with Gasteiger partial charge in [-0.05, 0) is 19.1 Å². The first-order chi connectivity index (χ1) is 7.75. The molecule has 0 unspecified atom stereocenters. The maximum atomic E-state index is 11.7. The van der Waals surface area contributed by atoms with Gasteiger partial charge in [-0.3, -0.25) is 4.79 Å². The van der Waals surface area contributed by atoms with Crippen molar-refractivity contribution < 1.29 is 9.53 Å². The first-order valence-corrected chi connectivity index (χ1v) is 6.46. The van der Waals surface area contributed by atoms with Crippen LogP contribution in [-0.4, -0.2) is 35.6 Å². The number of carbonyl (C=O) groups is 1. The van der Waals surface area contributed by atoms with Gasteiger partial charge in [-0.2, -0.15) is 0 Å². The summed E-state index contributed by atoms with van der Waals surface area (Å²) in [6.45, 7) is 3.01. The Kier molecular flexibility index (Phi) is 3.72. The van der Waals surface area contributed by atoms with Gasteiger partial charge >= 0.3 is 0 Å². The Morgan fingerprint density at radius 1 is 1.44 bits per heavy atom. The largest absolute Gasteiger partial charge is 0.484 e. The van der Waals surface area contributed by atoms with Gasteiger partial charge in [0, 0.05) is 12.3 Å². The first kappa shape index (κ1) is 11.3. The molecular formula is C12H15NO2S. The zero-order chi connectivity index (χ0) is 11.4. The van der Waals surface area contributed by atoms with Crippen molar-refractivity contribution in [2.24, 2.45) is 0 Å². The van der Waals surface area contributed by atoms with Crippen LogP contribution in [0.1, 0.15) is 5.56 Å². The number of benzene rings is 1. The van der Waals surface area contributed by atoms with Crippen molar-refractivity contribution in [2.75, 3.05) is 24.8 Å². The summed E-state index contributed by atoms with van der Waals surface area (Å²) in [7, 11) is 0. The van der Waals surface area contributed by atoms with E-state index in [4.69, 9.17) is 4.74 Å². The van der Waals surface area contributed by atoms with Crippen LogP contribution in [0.3, 0.4) is 0 Å². The maximum absolute atomic E-state index is 11.7. The van der Waals surface area contributed by atoms with Gasteiger partial charge in [-0.1, -0.05) is 17.7 Å². The predicted molar refractivity (Wildman–Crippen MR) is 65.7 cm³/mol. The van der Waals surface area contributed by atoms with E-state index in [1.54, 1.807) is 11.8 Å². The summed E-state index contributed by atoms with van der Waals surface area (Å²) in [4.78, 5) is 13.5. The van der Waals surface area contributed by atoms with Gasteiger partial charge in [0.1, 0.15) is 5.75 Å². The Morgan fingerprint density at radius 2 is 2.19 bits per heavy atom. The van der Waals surface area contributed by atoms with Crippen LogP contribution in [0.5, 0.6) is 5.75 Å². The fourth-order valence-corrected chi connectivity index (χ4v) is 2.45. The molecule has 16 heavy (non-hydrogen) atoms. The van der Waals surface area contributed by atoms with Crippen molar-refractivity contribution in [2.45, 2.75) is 6.92 Å². The van der Waals surface area contributed by atoms with E-state index < -0.39 is 0 Å². The maximum Gasteiger partial charge on any atom is 0.261 e. The van der Waals surface area contributed by atoms with E-state index >= 15 is 0 Å². The van der Waals surface area contributed by atoms with E-state index in [1.165, 1.54) is 5.56 Å². The van der Waals surface area contributed by atoms with E-state index in [2.05, 4.69) is 0 Å². The van der Waals surface area contributed by atoms with Crippen molar-refractivity contribution in [3.63, 3.8) is 0 Å². The van der Waals surface area contributed by atoms with Crippen LogP contribution in [0, 0.1) is 6.92 Å². The molecule has 1 aliphatic rings. The van der Waals surface area contributed by atoms with Crippen LogP contribution in [0.15, 0.2) is 24.3 Å². The molecule has 0 bridgehead atoms. The second-order valence-corrected chi connectivity index (χ2v) is 4.87. The molecule has 1 heterocycles. The topological polar surface area (TPSA) is 29.5 Å². The summed E-state index contributed by atoms with van der Waals surface area (Å²) in [5.41, 5.74) is 1.19. The third kappa shape index (κ3) is 2.92. The Morgan fingerprint density at radius 3 is 2.81 bits per heavy atom. The van der Waals surface area contributed by atoms with Gasteiger partial charge in [0.25, 0.3) is 5.91 Å². The molecule has 1 fully saturated rings. The lowest BCUT2D eigenvalue weighted by molar-refractivity contribution is -0.131. The molecule has 0 radical (unpaired) electrons. The lowest BCUT2D eigenvalue weighted by atomic mass is 10.2. The molecule has 1 amide bonds. The summed E-state index contributed by atoms with van der Waals surface area (Å²) in [6, 6.07) is 7.74. The van der Waals surface area contributed by atoms with Crippen molar-refractivity contribution in [3.05, 3.63) is 29.8 Å². The minimum atomic E-state index is 0.0746. The van der Waals surface area contributed by atoms with Crippen molar-refractivity contribution in [3.8, 4) is 5.75 Å². The minimum Gasteiger partial charge on any atom is -0.484 e. The monoisotopic (exact) mass is 237 g/mol. The number of carbonyl (C=O) groups excluding carboxylic acids is 1. The van der Waals surface area contributed by atoms with Gasteiger partial charge in [-0.25, -0.2) is 0 Å². The second-order valence-electron chi connectivity index (χ2n) is 3.80. The highest BCUT2D eigenvalue weighted by Gasteiger charge is 2.18. The number of aryl methyl sites for hydroxylation is 1. The number of thioether (sulfide) groups is 1. The molecule has 0 aromatic heterocycles. The molecule has 1 aromatic carbocycles. The van der Waals surface area contributed by atoms with Crippen LogP contribution in [0.25, 0.3) is 0 Å². The SMILES string of the molecule is Cc1ccc(OCC(=O)N2CCSC2)cc1. The van der Waals surface area contributed by atoms with Gasteiger partial charge in [0.15, 0.2) is 6.61 Å². The quantitative estimate of drug-likeness (QED) is 0.804. The molecular weight excluding hydrogens is 222 g/mol. The molecule has 1 aliphatic heterocycles. The second kappa shape index (κ2) is 5.25. The number of hydrogen-bond acceptors (Lipinski definition) is 3. The van der Waals surface area contributed by atoms with Crippen LogP contribution in [0.2, 0.25) is 0 Å². The molecule has 86 valence electrons. The van der Waals surface area contributed by atoms with Crippen LogP contribution < -0.4 is 4.74 Å². The summed E-state index contributed by atoms with van der Waals surface area (Å²) in [5, 5.41) is 0. The lowest BCUT2D eigenvalue weighted by Crippen LogP contribution is -2.32. The van der Waals surface area contributed by atoms with Crippen molar-refractivity contribution in [1.29, 1.82) is 0 Å². The summed E-state index contributed by atoms with van der Waals surface area (Å²) in [5.74, 6) is 2.67. The Hall–Kier alpha value is -1.16. The number of amides is 1. The minimum absolute atomic E-state index is 0.0746. The Bertz CT molecular complexity index is 358. The molecule has 0 aliphatic carbocycles. The lowest BCUT2D eigenvalue weighted by Gasteiger charge is -2.14. The molecule has 3 nitrogen and oxygen atoms in total. The zero-order valence-corrected chi connectivity index (χ0v) is 10.1.